The average molecular weight is 330 g/mol. The zero-order chi connectivity index (χ0) is 13.3. The summed E-state index contributed by atoms with van der Waals surface area (Å²) in [5, 5.41) is 1.96. The molecule has 1 heterocycles. The Morgan fingerprint density at radius 1 is 1.44 bits per heavy atom. The first-order valence-corrected chi connectivity index (χ1v) is 6.62. The van der Waals surface area contributed by atoms with Gasteiger partial charge < -0.3 is 10.5 Å². The second-order valence-electron chi connectivity index (χ2n) is 3.50. The van der Waals surface area contributed by atoms with E-state index in [4.69, 9.17) is 5.73 Å². The maximum Gasteiger partial charge on any atom is 0.341 e. The van der Waals surface area contributed by atoms with Crippen molar-refractivity contribution in [3.63, 3.8) is 0 Å². The lowest BCUT2D eigenvalue weighted by Gasteiger charge is -2.05. The summed E-state index contributed by atoms with van der Waals surface area (Å²) in [5.74, 6) is -0.982. The standard InChI is InChI=1S/C12H9BrFNO2S/c1-17-12(16)10-8(5-18-11(10)15)7-4-6(13)2-3-9(7)14/h2-5H,15H2,1H3. The third kappa shape index (κ3) is 2.26. The summed E-state index contributed by atoms with van der Waals surface area (Å²) in [6, 6.07) is 4.52. The third-order valence-electron chi connectivity index (χ3n) is 2.43. The van der Waals surface area contributed by atoms with Crippen LogP contribution in [0.15, 0.2) is 28.1 Å². The zero-order valence-corrected chi connectivity index (χ0v) is 11.8. The Labute approximate surface area is 116 Å². The van der Waals surface area contributed by atoms with E-state index in [2.05, 4.69) is 20.7 Å². The summed E-state index contributed by atoms with van der Waals surface area (Å²) in [6.07, 6.45) is 0. The number of esters is 1. The fourth-order valence-electron chi connectivity index (χ4n) is 1.59. The lowest BCUT2D eigenvalue weighted by atomic mass is 10.0. The minimum atomic E-state index is -0.567. The van der Waals surface area contributed by atoms with Gasteiger partial charge in [0.1, 0.15) is 16.4 Å². The molecule has 2 N–H and O–H groups in total. The van der Waals surface area contributed by atoms with Crippen molar-refractivity contribution in [2.24, 2.45) is 0 Å². The van der Waals surface area contributed by atoms with Crippen LogP contribution in [0.4, 0.5) is 9.39 Å². The van der Waals surface area contributed by atoms with E-state index in [1.807, 2.05) is 0 Å². The van der Waals surface area contributed by atoms with Crippen LogP contribution < -0.4 is 5.73 Å². The van der Waals surface area contributed by atoms with E-state index in [-0.39, 0.29) is 5.56 Å². The average Bonchev–Trinajstić information content (AvgIpc) is 2.73. The molecule has 0 aliphatic rings. The Morgan fingerprint density at radius 2 is 2.17 bits per heavy atom. The fourth-order valence-corrected chi connectivity index (χ4v) is 2.75. The third-order valence-corrected chi connectivity index (χ3v) is 3.73. The van der Waals surface area contributed by atoms with Crippen LogP contribution in [0.2, 0.25) is 0 Å². The van der Waals surface area contributed by atoms with Crippen LogP contribution in [0, 0.1) is 5.82 Å². The number of hydrogen-bond donors (Lipinski definition) is 1. The molecule has 1 aromatic heterocycles. The SMILES string of the molecule is COC(=O)c1c(-c2cc(Br)ccc2F)csc1N. The number of carbonyl (C=O) groups is 1. The van der Waals surface area contributed by atoms with E-state index in [0.29, 0.717) is 16.1 Å². The van der Waals surface area contributed by atoms with Gasteiger partial charge in [-0.15, -0.1) is 11.3 Å². The smallest absolute Gasteiger partial charge is 0.341 e. The number of anilines is 1. The van der Waals surface area contributed by atoms with Gasteiger partial charge in [0, 0.05) is 21.0 Å². The van der Waals surface area contributed by atoms with Gasteiger partial charge in [0.25, 0.3) is 0 Å². The van der Waals surface area contributed by atoms with Gasteiger partial charge in [0.15, 0.2) is 0 Å². The minimum absolute atomic E-state index is 0.208. The molecule has 2 aromatic rings. The Bertz CT molecular complexity index is 612. The van der Waals surface area contributed by atoms with Crippen LogP contribution in [0.25, 0.3) is 11.1 Å². The molecule has 0 saturated carbocycles. The molecule has 94 valence electrons. The van der Waals surface area contributed by atoms with Gasteiger partial charge in [-0.2, -0.15) is 0 Å². The number of ether oxygens (including phenoxy) is 1. The highest BCUT2D eigenvalue weighted by Gasteiger charge is 2.21. The predicted molar refractivity (Wildman–Crippen MR) is 73.2 cm³/mol. The molecule has 6 heteroatoms. The number of rotatable bonds is 2. The second-order valence-corrected chi connectivity index (χ2v) is 5.33. The van der Waals surface area contributed by atoms with Gasteiger partial charge in [0.05, 0.1) is 7.11 Å². The number of nitrogen functional groups attached to an aromatic ring is 1. The Balaban J connectivity index is 2.64. The van der Waals surface area contributed by atoms with Crippen LogP contribution in [-0.2, 0) is 4.74 Å². The maximum atomic E-state index is 13.8. The second kappa shape index (κ2) is 5.07. The molecule has 0 radical (unpaired) electrons. The van der Waals surface area contributed by atoms with Gasteiger partial charge in [-0.05, 0) is 18.2 Å². The normalized spacial score (nSPS) is 10.4. The molecule has 0 atom stereocenters. The van der Waals surface area contributed by atoms with E-state index in [9.17, 15) is 9.18 Å². The van der Waals surface area contributed by atoms with Crippen LogP contribution >= 0.6 is 27.3 Å². The fraction of sp³-hybridized carbons (Fsp3) is 0.0833. The molecule has 0 saturated heterocycles. The number of nitrogens with two attached hydrogens (primary N) is 1. The molecule has 18 heavy (non-hydrogen) atoms. The van der Waals surface area contributed by atoms with Crippen LogP contribution in [0.1, 0.15) is 10.4 Å². The monoisotopic (exact) mass is 329 g/mol. The van der Waals surface area contributed by atoms with Crippen LogP contribution in [-0.4, -0.2) is 13.1 Å². The molecule has 3 nitrogen and oxygen atoms in total. The van der Waals surface area contributed by atoms with E-state index < -0.39 is 11.8 Å². The van der Waals surface area contributed by atoms with Crippen LogP contribution in [0.3, 0.4) is 0 Å². The van der Waals surface area contributed by atoms with Gasteiger partial charge in [-0.1, -0.05) is 15.9 Å². The zero-order valence-electron chi connectivity index (χ0n) is 9.37. The largest absolute Gasteiger partial charge is 0.465 e. The van der Waals surface area contributed by atoms with Crippen molar-refractivity contribution in [1.29, 1.82) is 0 Å². The van der Waals surface area contributed by atoms with Crippen molar-refractivity contribution in [1.82, 2.24) is 0 Å². The van der Waals surface area contributed by atoms with Crippen molar-refractivity contribution < 1.29 is 13.9 Å². The summed E-state index contributed by atoms with van der Waals surface area (Å²) in [4.78, 5) is 11.7. The first kappa shape index (κ1) is 13.0. The van der Waals surface area contributed by atoms with Crippen molar-refractivity contribution in [3.8, 4) is 11.1 Å². The van der Waals surface area contributed by atoms with Crippen molar-refractivity contribution in [3.05, 3.63) is 39.4 Å². The molecule has 0 aliphatic heterocycles. The highest BCUT2D eigenvalue weighted by atomic mass is 79.9. The van der Waals surface area contributed by atoms with E-state index in [1.54, 1.807) is 17.5 Å². The van der Waals surface area contributed by atoms with E-state index in [1.165, 1.54) is 24.5 Å². The lowest BCUT2D eigenvalue weighted by molar-refractivity contribution is 0.0603. The van der Waals surface area contributed by atoms with Crippen LogP contribution in [0.5, 0.6) is 0 Å². The minimum Gasteiger partial charge on any atom is -0.465 e. The molecule has 0 amide bonds. The van der Waals surface area contributed by atoms with Gasteiger partial charge in [-0.3, -0.25) is 0 Å². The topological polar surface area (TPSA) is 52.3 Å². The maximum absolute atomic E-state index is 13.8. The number of methoxy groups -OCH3 is 1. The first-order chi connectivity index (χ1) is 8.54. The van der Waals surface area contributed by atoms with Gasteiger partial charge in [0.2, 0.25) is 0 Å². The summed E-state index contributed by atoms with van der Waals surface area (Å²) >= 11 is 4.45. The molecule has 0 unspecified atom stereocenters. The summed E-state index contributed by atoms with van der Waals surface area (Å²) < 4.78 is 19.2. The van der Waals surface area contributed by atoms with Crippen molar-refractivity contribution in [2.75, 3.05) is 12.8 Å². The Hall–Kier alpha value is -1.40. The highest BCUT2D eigenvalue weighted by Crippen LogP contribution is 2.36. The Morgan fingerprint density at radius 3 is 2.83 bits per heavy atom. The molecule has 1 aromatic carbocycles. The molecule has 0 spiro atoms. The van der Waals surface area contributed by atoms with Crippen molar-refractivity contribution in [2.45, 2.75) is 0 Å². The van der Waals surface area contributed by atoms with Crippen molar-refractivity contribution >= 4 is 38.2 Å². The number of thiophene rings is 1. The number of hydrogen-bond acceptors (Lipinski definition) is 4. The van der Waals surface area contributed by atoms with E-state index in [0.717, 1.165) is 4.47 Å². The number of benzene rings is 1. The molecule has 2 rings (SSSR count). The highest BCUT2D eigenvalue weighted by molar-refractivity contribution is 9.10. The number of halogens is 2. The molecular weight excluding hydrogens is 321 g/mol. The summed E-state index contributed by atoms with van der Waals surface area (Å²) in [5.41, 5.74) is 6.70. The number of carbonyl (C=O) groups excluding carboxylic acids is 1. The van der Waals surface area contributed by atoms with E-state index >= 15 is 0 Å². The molecular formula is C12H9BrFNO2S. The lowest BCUT2D eigenvalue weighted by Crippen LogP contribution is -2.04. The molecule has 0 fully saturated rings. The quantitative estimate of drug-likeness (QED) is 0.855. The summed E-state index contributed by atoms with van der Waals surface area (Å²) in [6.45, 7) is 0. The van der Waals surface area contributed by atoms with Gasteiger partial charge >= 0.3 is 5.97 Å². The van der Waals surface area contributed by atoms with Gasteiger partial charge in [-0.25, -0.2) is 9.18 Å². The summed E-state index contributed by atoms with van der Waals surface area (Å²) in [7, 11) is 1.26. The predicted octanol–water partition coefficient (Wildman–Crippen LogP) is 3.69. The first-order valence-electron chi connectivity index (χ1n) is 4.95. The molecule has 0 aliphatic carbocycles. The molecule has 0 bridgehead atoms. The Kier molecular flexibility index (Phi) is 3.68.